The molecule has 1 aromatic rings. The zero-order valence-corrected chi connectivity index (χ0v) is 20.5. The van der Waals surface area contributed by atoms with Gasteiger partial charge in [0.25, 0.3) is 0 Å². The van der Waals surface area contributed by atoms with Crippen molar-refractivity contribution < 1.29 is 13.9 Å². The number of hydrogen-bond donors (Lipinski definition) is 2. The predicted octanol–water partition coefficient (Wildman–Crippen LogP) is 4.07. The lowest BCUT2D eigenvalue weighted by molar-refractivity contribution is 0.0205. The Morgan fingerprint density at radius 2 is 2.07 bits per heavy atom. The van der Waals surface area contributed by atoms with Gasteiger partial charge in [-0.25, -0.2) is 4.39 Å². The van der Waals surface area contributed by atoms with E-state index in [-0.39, 0.29) is 29.8 Å². The molecular formula is C21H35FIN3O2S. The lowest BCUT2D eigenvalue weighted by Gasteiger charge is -2.21. The van der Waals surface area contributed by atoms with E-state index in [1.807, 2.05) is 12.1 Å². The fraction of sp³-hybridized carbons (Fsp3) is 0.667. The topological polar surface area (TPSA) is 54.9 Å². The second-order valence-corrected chi connectivity index (χ2v) is 7.92. The third-order valence-electron chi connectivity index (χ3n) is 4.51. The highest BCUT2D eigenvalue weighted by molar-refractivity contribution is 14.0. The van der Waals surface area contributed by atoms with Crippen molar-refractivity contribution in [2.24, 2.45) is 10.9 Å². The molecule has 2 rings (SSSR count). The molecule has 0 unspecified atom stereocenters. The Bertz CT molecular complexity index is 575. The molecule has 1 saturated heterocycles. The first kappa shape index (κ1) is 26.5. The lowest BCUT2D eigenvalue weighted by Crippen LogP contribution is -2.38. The number of ether oxygens (including phenoxy) is 2. The Morgan fingerprint density at radius 3 is 2.83 bits per heavy atom. The number of rotatable bonds is 12. The summed E-state index contributed by atoms with van der Waals surface area (Å²) in [5.74, 6) is 2.94. The van der Waals surface area contributed by atoms with E-state index < -0.39 is 0 Å². The van der Waals surface area contributed by atoms with Crippen LogP contribution in [0, 0.1) is 11.7 Å². The standard InChI is InChI=1S/C21H34FN3O2S.HI/c1-2-23-21(24-10-5-12-27-16-18-8-13-26-14-9-18)25-11-15-28-17-19-6-3-4-7-20(19)22;/h3-4,6-7,18H,2,5,8-17H2,1H3,(H2,23,24,25);1H. The molecule has 0 radical (unpaired) electrons. The summed E-state index contributed by atoms with van der Waals surface area (Å²) in [6, 6.07) is 6.95. The molecule has 0 bridgehead atoms. The molecule has 1 aliphatic heterocycles. The summed E-state index contributed by atoms with van der Waals surface area (Å²) in [5.41, 5.74) is 0.758. The first-order valence-electron chi connectivity index (χ1n) is 10.3. The second-order valence-electron chi connectivity index (χ2n) is 6.82. The SMILES string of the molecule is CCNC(=NCCCOCC1CCOCC1)NCCSCc1ccccc1F.I. The van der Waals surface area contributed by atoms with Gasteiger partial charge in [-0.05, 0) is 43.7 Å². The highest BCUT2D eigenvalue weighted by atomic mass is 127. The summed E-state index contributed by atoms with van der Waals surface area (Å²) in [7, 11) is 0. The van der Waals surface area contributed by atoms with Crippen molar-refractivity contribution in [3.05, 3.63) is 35.6 Å². The van der Waals surface area contributed by atoms with Gasteiger partial charge in [-0.2, -0.15) is 11.8 Å². The molecule has 1 fully saturated rings. The quantitative estimate of drug-likeness (QED) is 0.182. The maximum atomic E-state index is 13.6. The van der Waals surface area contributed by atoms with Gasteiger partial charge in [0.1, 0.15) is 5.82 Å². The molecule has 0 aliphatic carbocycles. The van der Waals surface area contributed by atoms with Crippen LogP contribution in [-0.4, -0.2) is 57.8 Å². The van der Waals surface area contributed by atoms with E-state index in [9.17, 15) is 4.39 Å². The highest BCUT2D eigenvalue weighted by Crippen LogP contribution is 2.15. The number of aliphatic imine (C=N–C) groups is 1. The Kier molecular flexibility index (Phi) is 15.6. The van der Waals surface area contributed by atoms with Crippen molar-refractivity contribution in [3.8, 4) is 0 Å². The van der Waals surface area contributed by atoms with E-state index in [1.165, 1.54) is 6.07 Å². The lowest BCUT2D eigenvalue weighted by atomic mass is 10.0. The smallest absolute Gasteiger partial charge is 0.191 e. The van der Waals surface area contributed by atoms with E-state index in [4.69, 9.17) is 9.47 Å². The zero-order valence-electron chi connectivity index (χ0n) is 17.3. The van der Waals surface area contributed by atoms with Crippen molar-refractivity contribution in [3.63, 3.8) is 0 Å². The van der Waals surface area contributed by atoms with E-state index >= 15 is 0 Å². The van der Waals surface area contributed by atoms with Crippen molar-refractivity contribution in [2.45, 2.75) is 31.9 Å². The molecule has 0 spiro atoms. The molecule has 166 valence electrons. The Morgan fingerprint density at radius 1 is 1.28 bits per heavy atom. The maximum Gasteiger partial charge on any atom is 0.191 e. The summed E-state index contributed by atoms with van der Waals surface area (Å²) in [6.07, 6.45) is 3.14. The van der Waals surface area contributed by atoms with Crippen LogP contribution in [0.3, 0.4) is 0 Å². The Balaban J connectivity index is 0.00000420. The molecule has 8 heteroatoms. The molecule has 29 heavy (non-hydrogen) atoms. The Labute approximate surface area is 196 Å². The average molecular weight is 539 g/mol. The fourth-order valence-electron chi connectivity index (χ4n) is 2.90. The number of guanidine groups is 1. The number of benzene rings is 1. The van der Waals surface area contributed by atoms with Gasteiger partial charge in [0, 0.05) is 57.6 Å². The first-order valence-corrected chi connectivity index (χ1v) is 11.4. The summed E-state index contributed by atoms with van der Waals surface area (Å²) in [5, 5.41) is 6.59. The van der Waals surface area contributed by atoms with Crippen molar-refractivity contribution in [2.75, 3.05) is 51.8 Å². The van der Waals surface area contributed by atoms with Crippen LogP contribution in [0.2, 0.25) is 0 Å². The summed E-state index contributed by atoms with van der Waals surface area (Å²) in [6.45, 7) is 7.75. The van der Waals surface area contributed by atoms with E-state index in [2.05, 4.69) is 22.5 Å². The van der Waals surface area contributed by atoms with Crippen LogP contribution in [0.4, 0.5) is 4.39 Å². The first-order chi connectivity index (χ1) is 13.8. The fourth-order valence-corrected chi connectivity index (χ4v) is 3.75. The van der Waals surface area contributed by atoms with Gasteiger partial charge < -0.3 is 20.1 Å². The average Bonchev–Trinajstić information content (AvgIpc) is 2.72. The largest absolute Gasteiger partial charge is 0.381 e. The Hall–Kier alpha value is -0.580. The van der Waals surface area contributed by atoms with Gasteiger partial charge in [0.15, 0.2) is 5.96 Å². The molecule has 0 aromatic heterocycles. The van der Waals surface area contributed by atoms with Gasteiger partial charge in [0.05, 0.1) is 0 Å². The van der Waals surface area contributed by atoms with Crippen molar-refractivity contribution in [1.29, 1.82) is 0 Å². The number of nitrogens with zero attached hydrogens (tertiary/aromatic N) is 1. The maximum absolute atomic E-state index is 13.6. The van der Waals surface area contributed by atoms with Crippen LogP contribution in [-0.2, 0) is 15.2 Å². The van der Waals surface area contributed by atoms with Crippen molar-refractivity contribution >= 4 is 41.7 Å². The van der Waals surface area contributed by atoms with E-state index in [1.54, 1.807) is 17.8 Å². The molecule has 2 N–H and O–H groups in total. The second kappa shape index (κ2) is 17.1. The van der Waals surface area contributed by atoms with Gasteiger partial charge in [-0.15, -0.1) is 24.0 Å². The normalized spacial score (nSPS) is 15.0. The monoisotopic (exact) mass is 539 g/mol. The third-order valence-corrected chi connectivity index (χ3v) is 5.52. The van der Waals surface area contributed by atoms with Gasteiger partial charge in [-0.3, -0.25) is 4.99 Å². The predicted molar refractivity (Wildman–Crippen MR) is 131 cm³/mol. The summed E-state index contributed by atoms with van der Waals surface area (Å²) < 4.78 is 24.7. The van der Waals surface area contributed by atoms with Crippen LogP contribution in [0.25, 0.3) is 0 Å². The van der Waals surface area contributed by atoms with Gasteiger partial charge in [-0.1, -0.05) is 18.2 Å². The molecule has 1 aliphatic rings. The number of thioether (sulfide) groups is 1. The van der Waals surface area contributed by atoms with Crippen LogP contribution < -0.4 is 10.6 Å². The van der Waals surface area contributed by atoms with E-state index in [0.717, 1.165) is 82.6 Å². The highest BCUT2D eigenvalue weighted by Gasteiger charge is 2.13. The summed E-state index contributed by atoms with van der Waals surface area (Å²) in [4.78, 5) is 4.59. The number of halogens is 2. The third kappa shape index (κ3) is 12.0. The molecule has 0 amide bonds. The van der Waals surface area contributed by atoms with Gasteiger partial charge in [0.2, 0.25) is 0 Å². The molecule has 1 heterocycles. The van der Waals surface area contributed by atoms with Gasteiger partial charge >= 0.3 is 0 Å². The minimum atomic E-state index is -0.128. The minimum absolute atomic E-state index is 0. The van der Waals surface area contributed by atoms with E-state index in [0.29, 0.717) is 11.7 Å². The minimum Gasteiger partial charge on any atom is -0.381 e. The molecule has 0 atom stereocenters. The molecule has 5 nitrogen and oxygen atoms in total. The number of nitrogens with one attached hydrogen (secondary N) is 2. The molecule has 0 saturated carbocycles. The zero-order chi connectivity index (χ0) is 19.9. The van der Waals surface area contributed by atoms with Crippen LogP contribution in [0.15, 0.2) is 29.3 Å². The summed E-state index contributed by atoms with van der Waals surface area (Å²) >= 11 is 1.71. The van der Waals surface area contributed by atoms with Crippen LogP contribution >= 0.6 is 35.7 Å². The van der Waals surface area contributed by atoms with Crippen LogP contribution in [0.1, 0.15) is 31.7 Å². The molecule has 1 aromatic carbocycles. The van der Waals surface area contributed by atoms with Crippen molar-refractivity contribution in [1.82, 2.24) is 10.6 Å². The molecular weight excluding hydrogens is 504 g/mol. The van der Waals surface area contributed by atoms with Crippen LogP contribution in [0.5, 0.6) is 0 Å². The number of hydrogen-bond acceptors (Lipinski definition) is 4.